The van der Waals surface area contributed by atoms with Gasteiger partial charge in [-0.2, -0.15) is 0 Å². The van der Waals surface area contributed by atoms with Crippen LogP contribution in [0.1, 0.15) is 27.2 Å². The van der Waals surface area contributed by atoms with Crippen LogP contribution in [0, 0.1) is 5.92 Å². The van der Waals surface area contributed by atoms with Gasteiger partial charge in [-0.05, 0) is 20.3 Å². The average Bonchev–Trinajstić information content (AvgIpc) is 2.26. The second kappa shape index (κ2) is 3.44. The summed E-state index contributed by atoms with van der Waals surface area (Å²) in [5.41, 5.74) is -0.0369. The van der Waals surface area contributed by atoms with Crippen LogP contribution in [-0.4, -0.2) is 24.8 Å². The Labute approximate surface area is 73.0 Å². The minimum absolute atomic E-state index is 0.0369. The van der Waals surface area contributed by atoms with Gasteiger partial charge in [-0.15, -0.1) is 0 Å². The molecule has 0 N–H and O–H groups in total. The topological polar surface area (TPSA) is 35.5 Å². The van der Waals surface area contributed by atoms with Crippen molar-refractivity contribution in [2.24, 2.45) is 5.92 Å². The molecule has 1 rings (SSSR count). The molecule has 1 fully saturated rings. The lowest BCUT2D eigenvalue weighted by Gasteiger charge is -2.15. The molecule has 1 aliphatic rings. The second-order valence-electron chi connectivity index (χ2n) is 3.94. The highest BCUT2D eigenvalue weighted by Crippen LogP contribution is 2.28. The Morgan fingerprint density at radius 2 is 2.33 bits per heavy atom. The van der Waals surface area contributed by atoms with Gasteiger partial charge in [0.2, 0.25) is 0 Å². The predicted molar refractivity (Wildman–Crippen MR) is 44.8 cm³/mol. The summed E-state index contributed by atoms with van der Waals surface area (Å²) < 4.78 is 10.4. The quantitative estimate of drug-likeness (QED) is 0.590. The first-order chi connectivity index (χ1) is 5.49. The number of hydrogen-bond acceptors (Lipinski definition) is 3. The van der Waals surface area contributed by atoms with Gasteiger partial charge in [0.15, 0.2) is 0 Å². The molecule has 0 aromatic rings. The van der Waals surface area contributed by atoms with Crippen molar-refractivity contribution in [2.75, 3.05) is 13.2 Å². The molecular weight excluding hydrogens is 156 g/mol. The van der Waals surface area contributed by atoms with Crippen molar-refractivity contribution in [3.05, 3.63) is 0 Å². The molecule has 1 unspecified atom stereocenters. The first kappa shape index (κ1) is 9.52. The summed E-state index contributed by atoms with van der Waals surface area (Å²) in [6.45, 7) is 6.75. The van der Waals surface area contributed by atoms with E-state index in [1.165, 1.54) is 6.92 Å². The van der Waals surface area contributed by atoms with E-state index in [-0.39, 0.29) is 11.6 Å². The summed E-state index contributed by atoms with van der Waals surface area (Å²) in [5.74, 6) is 0.170. The molecule has 1 heterocycles. The second-order valence-corrected chi connectivity index (χ2v) is 3.94. The summed E-state index contributed by atoms with van der Waals surface area (Å²) >= 11 is 0. The molecule has 0 spiro atoms. The highest BCUT2D eigenvalue weighted by Gasteiger charge is 2.32. The Morgan fingerprint density at radius 3 is 2.75 bits per heavy atom. The Bertz CT molecular complexity index is 175. The fourth-order valence-corrected chi connectivity index (χ4v) is 1.50. The molecular formula is C9H16O3. The van der Waals surface area contributed by atoms with Gasteiger partial charge >= 0.3 is 5.97 Å². The van der Waals surface area contributed by atoms with Crippen LogP contribution in [0.15, 0.2) is 0 Å². The molecule has 1 saturated heterocycles. The van der Waals surface area contributed by atoms with Crippen LogP contribution in [0.2, 0.25) is 0 Å². The summed E-state index contributed by atoms with van der Waals surface area (Å²) in [6.07, 6.45) is 0.972. The molecule has 3 heteroatoms. The minimum Gasteiger partial charge on any atom is -0.465 e. The van der Waals surface area contributed by atoms with Crippen molar-refractivity contribution in [1.82, 2.24) is 0 Å². The summed E-state index contributed by atoms with van der Waals surface area (Å²) in [4.78, 5) is 10.5. The summed E-state index contributed by atoms with van der Waals surface area (Å²) in [5, 5.41) is 0. The van der Waals surface area contributed by atoms with Gasteiger partial charge in [-0.25, -0.2) is 0 Å². The van der Waals surface area contributed by atoms with Crippen LogP contribution in [-0.2, 0) is 14.3 Å². The molecule has 0 aliphatic carbocycles. The zero-order chi connectivity index (χ0) is 9.19. The van der Waals surface area contributed by atoms with E-state index in [1.807, 2.05) is 0 Å². The van der Waals surface area contributed by atoms with Crippen LogP contribution in [0.25, 0.3) is 0 Å². The monoisotopic (exact) mass is 172 g/mol. The number of carbonyl (C=O) groups excluding carboxylic acids is 1. The lowest BCUT2D eigenvalue weighted by Crippen LogP contribution is -2.18. The Morgan fingerprint density at radius 1 is 1.67 bits per heavy atom. The summed E-state index contributed by atoms with van der Waals surface area (Å²) in [7, 11) is 0. The van der Waals surface area contributed by atoms with Crippen LogP contribution in [0.3, 0.4) is 0 Å². The number of rotatable bonds is 2. The molecule has 3 nitrogen and oxygen atoms in total. The van der Waals surface area contributed by atoms with E-state index in [2.05, 4.69) is 13.8 Å². The third kappa shape index (κ3) is 2.81. The molecule has 0 amide bonds. The molecule has 1 aliphatic heterocycles. The van der Waals surface area contributed by atoms with Crippen molar-refractivity contribution in [1.29, 1.82) is 0 Å². The zero-order valence-corrected chi connectivity index (χ0v) is 7.92. The summed E-state index contributed by atoms with van der Waals surface area (Å²) in [6, 6.07) is 0. The average molecular weight is 172 g/mol. The van der Waals surface area contributed by atoms with Gasteiger partial charge in [0.1, 0.15) is 0 Å². The maximum Gasteiger partial charge on any atom is 0.302 e. The maximum absolute atomic E-state index is 10.5. The molecule has 70 valence electrons. The largest absolute Gasteiger partial charge is 0.465 e. The fraction of sp³-hybridized carbons (Fsp3) is 0.889. The van der Waals surface area contributed by atoms with Crippen LogP contribution >= 0.6 is 0 Å². The molecule has 0 bridgehead atoms. The lowest BCUT2D eigenvalue weighted by molar-refractivity contribution is -0.142. The zero-order valence-electron chi connectivity index (χ0n) is 7.92. The Kier molecular flexibility index (Phi) is 2.73. The number of hydrogen-bond donors (Lipinski definition) is 0. The first-order valence-corrected chi connectivity index (χ1v) is 4.27. The fourth-order valence-electron chi connectivity index (χ4n) is 1.50. The normalized spacial score (nSPS) is 27.1. The number of carbonyl (C=O) groups is 1. The van der Waals surface area contributed by atoms with E-state index < -0.39 is 0 Å². The first-order valence-electron chi connectivity index (χ1n) is 4.27. The van der Waals surface area contributed by atoms with E-state index in [4.69, 9.17) is 9.47 Å². The third-order valence-corrected chi connectivity index (χ3v) is 2.01. The van der Waals surface area contributed by atoms with Crippen molar-refractivity contribution in [3.8, 4) is 0 Å². The molecule has 0 aromatic carbocycles. The molecule has 0 aromatic heterocycles. The Balaban J connectivity index is 2.24. The lowest BCUT2D eigenvalue weighted by atomic mass is 9.99. The third-order valence-electron chi connectivity index (χ3n) is 2.01. The van der Waals surface area contributed by atoms with Gasteiger partial charge in [-0.1, -0.05) is 0 Å². The van der Waals surface area contributed by atoms with Crippen LogP contribution < -0.4 is 0 Å². The van der Waals surface area contributed by atoms with Gasteiger partial charge < -0.3 is 9.47 Å². The highest BCUT2D eigenvalue weighted by molar-refractivity contribution is 5.65. The van der Waals surface area contributed by atoms with E-state index >= 15 is 0 Å². The smallest absolute Gasteiger partial charge is 0.302 e. The SMILES string of the molecule is CC(=O)OCC1COC(C)(C)C1. The molecule has 1 atom stereocenters. The van der Waals surface area contributed by atoms with Crippen molar-refractivity contribution >= 4 is 5.97 Å². The number of esters is 1. The standard InChI is InChI=1S/C9H16O3/c1-7(10)11-5-8-4-9(2,3)12-6-8/h8H,4-6H2,1-3H3. The van der Waals surface area contributed by atoms with E-state index in [1.54, 1.807) is 0 Å². The van der Waals surface area contributed by atoms with Gasteiger partial charge in [0.05, 0.1) is 18.8 Å². The minimum atomic E-state index is -0.209. The Hall–Kier alpha value is -0.570. The number of ether oxygens (including phenoxy) is 2. The molecule has 12 heavy (non-hydrogen) atoms. The highest BCUT2D eigenvalue weighted by atomic mass is 16.5. The van der Waals surface area contributed by atoms with Gasteiger partial charge in [0, 0.05) is 12.8 Å². The maximum atomic E-state index is 10.5. The van der Waals surface area contributed by atoms with Crippen molar-refractivity contribution < 1.29 is 14.3 Å². The van der Waals surface area contributed by atoms with Gasteiger partial charge in [-0.3, -0.25) is 4.79 Å². The van der Waals surface area contributed by atoms with Crippen LogP contribution in [0.5, 0.6) is 0 Å². The predicted octanol–water partition coefficient (Wildman–Crippen LogP) is 1.36. The molecule has 0 saturated carbocycles. The van der Waals surface area contributed by atoms with E-state index in [9.17, 15) is 4.79 Å². The van der Waals surface area contributed by atoms with E-state index in [0.29, 0.717) is 19.1 Å². The molecule has 0 radical (unpaired) electrons. The van der Waals surface area contributed by atoms with E-state index in [0.717, 1.165) is 6.42 Å². The van der Waals surface area contributed by atoms with Crippen LogP contribution in [0.4, 0.5) is 0 Å². The van der Waals surface area contributed by atoms with Crippen molar-refractivity contribution in [2.45, 2.75) is 32.8 Å². The van der Waals surface area contributed by atoms with Gasteiger partial charge in [0.25, 0.3) is 0 Å². The van der Waals surface area contributed by atoms with Crippen molar-refractivity contribution in [3.63, 3.8) is 0 Å².